The van der Waals surface area contributed by atoms with Crippen LogP contribution in [0, 0.1) is 13.8 Å². The number of amides is 3. The molecular weight excluding hydrogens is 298 g/mol. The van der Waals surface area contributed by atoms with Gasteiger partial charge in [0.05, 0.1) is 13.1 Å². The molecule has 0 heterocycles. The monoisotopic (exact) mass is 321 g/mol. The van der Waals surface area contributed by atoms with Crippen LogP contribution in [-0.2, 0) is 9.59 Å². The molecule has 126 valence electrons. The zero-order chi connectivity index (χ0) is 17.4. The van der Waals surface area contributed by atoms with Crippen molar-refractivity contribution < 1.29 is 19.5 Å². The number of rotatable bonds is 7. The summed E-state index contributed by atoms with van der Waals surface area (Å²) >= 11 is 0. The predicted octanol–water partition coefficient (Wildman–Crippen LogP) is 1.75. The Labute approximate surface area is 135 Å². The Balaban J connectivity index is 2.53. The fourth-order valence-electron chi connectivity index (χ4n) is 2.07. The van der Waals surface area contributed by atoms with E-state index in [9.17, 15) is 14.4 Å². The Bertz CT molecular complexity index is 587. The van der Waals surface area contributed by atoms with Crippen LogP contribution < -0.4 is 10.6 Å². The highest BCUT2D eigenvalue weighted by molar-refractivity contribution is 6.01. The van der Waals surface area contributed by atoms with Crippen LogP contribution in [0.4, 0.5) is 10.5 Å². The van der Waals surface area contributed by atoms with Crippen LogP contribution in [0.25, 0.3) is 0 Å². The molecule has 1 rings (SSSR count). The van der Waals surface area contributed by atoms with Gasteiger partial charge in [-0.05, 0) is 50.1 Å². The summed E-state index contributed by atoms with van der Waals surface area (Å²) < 4.78 is 0. The molecule has 0 aliphatic heterocycles. The summed E-state index contributed by atoms with van der Waals surface area (Å²) in [6, 6.07) is 4.81. The molecule has 7 heteroatoms. The van der Waals surface area contributed by atoms with E-state index in [1.165, 1.54) is 4.90 Å². The molecule has 0 fully saturated rings. The number of nitrogens with one attached hydrogen (secondary N) is 2. The van der Waals surface area contributed by atoms with E-state index in [2.05, 4.69) is 10.6 Å². The number of anilines is 1. The summed E-state index contributed by atoms with van der Waals surface area (Å²) in [5.74, 6) is -1.55. The number of carboxylic acid groups (broad SMARTS) is 1. The second kappa shape index (κ2) is 8.89. The van der Waals surface area contributed by atoms with Crippen LogP contribution in [0.5, 0.6) is 0 Å². The van der Waals surface area contributed by atoms with Crippen LogP contribution in [0.1, 0.15) is 24.5 Å². The molecule has 0 saturated carbocycles. The highest BCUT2D eigenvalue weighted by Gasteiger charge is 2.15. The third-order valence-electron chi connectivity index (χ3n) is 3.28. The van der Waals surface area contributed by atoms with Crippen molar-refractivity contribution in [2.75, 3.05) is 25.0 Å². The number of hydrogen-bond donors (Lipinski definition) is 3. The average molecular weight is 321 g/mol. The first-order chi connectivity index (χ1) is 10.8. The van der Waals surface area contributed by atoms with Crippen molar-refractivity contribution in [3.8, 4) is 0 Å². The topological polar surface area (TPSA) is 98.7 Å². The Kier molecular flexibility index (Phi) is 7.21. The van der Waals surface area contributed by atoms with Crippen LogP contribution in [-0.4, -0.2) is 47.5 Å². The maximum Gasteiger partial charge on any atom is 0.325 e. The molecule has 0 unspecified atom stereocenters. The molecule has 23 heavy (non-hydrogen) atoms. The standard InChI is InChI=1S/C16H23N3O4/c1-4-7-19(10-15(21)22)9-14(20)18-16(23)17-13-6-5-11(2)12(3)8-13/h5-6,8H,4,7,9-10H2,1-3H3,(H,21,22)(H2,17,18,20,23). The van der Waals surface area contributed by atoms with Gasteiger partial charge in [0.25, 0.3) is 0 Å². The number of carbonyl (C=O) groups excluding carboxylic acids is 2. The Morgan fingerprint density at radius 2 is 1.83 bits per heavy atom. The normalized spacial score (nSPS) is 10.4. The first-order valence-electron chi connectivity index (χ1n) is 7.44. The lowest BCUT2D eigenvalue weighted by molar-refractivity contribution is -0.138. The molecule has 1 aromatic carbocycles. The summed E-state index contributed by atoms with van der Waals surface area (Å²) in [5.41, 5.74) is 2.73. The molecule has 0 atom stereocenters. The Hall–Kier alpha value is -2.41. The van der Waals surface area contributed by atoms with Crippen molar-refractivity contribution in [3.63, 3.8) is 0 Å². The lowest BCUT2D eigenvalue weighted by Crippen LogP contribution is -2.43. The van der Waals surface area contributed by atoms with Crippen molar-refractivity contribution in [2.45, 2.75) is 27.2 Å². The lowest BCUT2D eigenvalue weighted by atomic mass is 10.1. The van der Waals surface area contributed by atoms with Crippen molar-refractivity contribution in [1.82, 2.24) is 10.2 Å². The van der Waals surface area contributed by atoms with Gasteiger partial charge in [0.2, 0.25) is 5.91 Å². The second-order valence-electron chi connectivity index (χ2n) is 5.41. The van der Waals surface area contributed by atoms with Gasteiger partial charge in [-0.15, -0.1) is 0 Å². The number of carbonyl (C=O) groups is 3. The Morgan fingerprint density at radius 3 is 2.39 bits per heavy atom. The third kappa shape index (κ3) is 6.92. The molecule has 0 bridgehead atoms. The quantitative estimate of drug-likeness (QED) is 0.710. The molecule has 0 aliphatic carbocycles. The van der Waals surface area contributed by atoms with E-state index in [-0.39, 0.29) is 13.1 Å². The molecule has 0 saturated heterocycles. The van der Waals surface area contributed by atoms with Gasteiger partial charge in [-0.2, -0.15) is 0 Å². The number of nitrogens with zero attached hydrogens (tertiary/aromatic N) is 1. The Morgan fingerprint density at radius 1 is 1.13 bits per heavy atom. The largest absolute Gasteiger partial charge is 0.480 e. The van der Waals surface area contributed by atoms with Crippen LogP contribution in [0.3, 0.4) is 0 Å². The van der Waals surface area contributed by atoms with Gasteiger partial charge in [0, 0.05) is 5.69 Å². The molecular formula is C16H23N3O4. The average Bonchev–Trinajstić information content (AvgIpc) is 2.42. The number of aryl methyl sites for hydroxylation is 2. The van der Waals surface area contributed by atoms with E-state index < -0.39 is 17.9 Å². The van der Waals surface area contributed by atoms with Gasteiger partial charge in [0.15, 0.2) is 0 Å². The van der Waals surface area contributed by atoms with E-state index in [4.69, 9.17) is 5.11 Å². The molecule has 7 nitrogen and oxygen atoms in total. The first kappa shape index (κ1) is 18.6. The predicted molar refractivity (Wildman–Crippen MR) is 87.4 cm³/mol. The molecule has 0 aromatic heterocycles. The maximum atomic E-state index is 11.8. The van der Waals surface area contributed by atoms with E-state index in [0.717, 1.165) is 17.5 Å². The minimum Gasteiger partial charge on any atom is -0.480 e. The highest BCUT2D eigenvalue weighted by Crippen LogP contribution is 2.13. The van der Waals surface area contributed by atoms with Crippen LogP contribution in [0.2, 0.25) is 0 Å². The van der Waals surface area contributed by atoms with Gasteiger partial charge in [-0.25, -0.2) is 4.79 Å². The third-order valence-corrected chi connectivity index (χ3v) is 3.28. The maximum absolute atomic E-state index is 11.8. The number of urea groups is 1. The minimum absolute atomic E-state index is 0.138. The summed E-state index contributed by atoms with van der Waals surface area (Å²) in [4.78, 5) is 35.8. The lowest BCUT2D eigenvalue weighted by Gasteiger charge is -2.18. The van der Waals surface area contributed by atoms with Crippen molar-refractivity contribution in [2.24, 2.45) is 0 Å². The summed E-state index contributed by atoms with van der Waals surface area (Å²) in [6.07, 6.45) is 0.718. The van der Waals surface area contributed by atoms with Crippen LogP contribution in [0.15, 0.2) is 18.2 Å². The zero-order valence-corrected chi connectivity index (χ0v) is 13.7. The molecule has 0 aliphatic rings. The first-order valence-corrected chi connectivity index (χ1v) is 7.44. The molecule has 0 spiro atoms. The fraction of sp³-hybridized carbons (Fsp3) is 0.438. The molecule has 1 aromatic rings. The number of imide groups is 1. The molecule has 0 radical (unpaired) electrons. The molecule has 3 amide bonds. The summed E-state index contributed by atoms with van der Waals surface area (Å²) in [5, 5.41) is 13.6. The van der Waals surface area contributed by atoms with Gasteiger partial charge in [0.1, 0.15) is 0 Å². The van der Waals surface area contributed by atoms with Gasteiger partial charge < -0.3 is 10.4 Å². The minimum atomic E-state index is -1.01. The number of aliphatic carboxylic acids is 1. The number of hydrogen-bond acceptors (Lipinski definition) is 4. The van der Waals surface area contributed by atoms with Crippen molar-refractivity contribution >= 4 is 23.6 Å². The zero-order valence-electron chi connectivity index (χ0n) is 13.7. The number of carboxylic acids is 1. The fourth-order valence-corrected chi connectivity index (χ4v) is 2.07. The second-order valence-corrected chi connectivity index (χ2v) is 5.41. The van der Waals surface area contributed by atoms with Gasteiger partial charge in [-0.1, -0.05) is 13.0 Å². The van der Waals surface area contributed by atoms with Gasteiger partial charge in [-0.3, -0.25) is 19.8 Å². The SMILES string of the molecule is CCCN(CC(=O)O)CC(=O)NC(=O)Nc1ccc(C)c(C)c1. The van der Waals surface area contributed by atoms with Crippen LogP contribution >= 0.6 is 0 Å². The van der Waals surface area contributed by atoms with E-state index in [1.54, 1.807) is 6.07 Å². The van der Waals surface area contributed by atoms with Crippen molar-refractivity contribution in [1.29, 1.82) is 0 Å². The van der Waals surface area contributed by atoms with E-state index in [1.807, 2.05) is 32.9 Å². The van der Waals surface area contributed by atoms with Gasteiger partial charge >= 0.3 is 12.0 Å². The summed E-state index contributed by atoms with van der Waals surface area (Å²) in [7, 11) is 0. The van der Waals surface area contributed by atoms with E-state index in [0.29, 0.717) is 12.2 Å². The summed E-state index contributed by atoms with van der Waals surface area (Å²) in [6.45, 7) is 5.88. The smallest absolute Gasteiger partial charge is 0.325 e. The molecule has 3 N–H and O–H groups in total. The number of benzene rings is 1. The van der Waals surface area contributed by atoms with E-state index >= 15 is 0 Å². The highest BCUT2D eigenvalue weighted by atomic mass is 16.4. The van der Waals surface area contributed by atoms with Crippen molar-refractivity contribution in [3.05, 3.63) is 29.3 Å².